The molecule has 4 nitrogen and oxygen atoms in total. The molecule has 0 radical (unpaired) electrons. The lowest BCUT2D eigenvalue weighted by molar-refractivity contribution is -0.136. The van der Waals surface area contributed by atoms with Gasteiger partial charge in [0, 0.05) is 0 Å². The Morgan fingerprint density at radius 2 is 2.20 bits per heavy atom. The topological polar surface area (TPSA) is 66.8 Å². The second kappa shape index (κ2) is 4.96. The van der Waals surface area contributed by atoms with E-state index in [9.17, 15) is 4.79 Å². The lowest BCUT2D eigenvalue weighted by Gasteiger charge is -1.98. The van der Waals surface area contributed by atoms with E-state index in [-0.39, 0.29) is 12.2 Å². The molecule has 0 bridgehead atoms. The van der Waals surface area contributed by atoms with Crippen molar-refractivity contribution in [3.05, 3.63) is 11.6 Å². The summed E-state index contributed by atoms with van der Waals surface area (Å²) >= 11 is 0. The Morgan fingerprint density at radius 3 is 2.50 bits per heavy atom. The second-order valence-electron chi connectivity index (χ2n) is 1.56. The minimum absolute atomic E-state index is 0.0741. The highest BCUT2D eigenvalue weighted by Crippen LogP contribution is 1.94. The van der Waals surface area contributed by atoms with Crippen LogP contribution in [0.2, 0.25) is 0 Å². The average Bonchev–Trinajstić information content (AvgIpc) is 1.99. The van der Waals surface area contributed by atoms with Crippen LogP contribution in [0.15, 0.2) is 11.6 Å². The summed E-state index contributed by atoms with van der Waals surface area (Å²) in [6.45, 7) is -0.682. The molecule has 0 unspecified atom stereocenters. The van der Waals surface area contributed by atoms with Crippen molar-refractivity contribution in [3.8, 4) is 0 Å². The van der Waals surface area contributed by atoms with Gasteiger partial charge in [0.1, 0.15) is 0 Å². The first-order chi connectivity index (χ1) is 4.76. The zero-order valence-corrected chi connectivity index (χ0v) is 5.70. The Balaban J connectivity index is 4.06. The van der Waals surface area contributed by atoms with Gasteiger partial charge in [-0.15, -0.1) is 0 Å². The zero-order valence-electron chi connectivity index (χ0n) is 5.70. The number of carbonyl (C=O) groups is 1. The highest BCUT2D eigenvalue weighted by atomic mass is 16.5. The summed E-state index contributed by atoms with van der Waals surface area (Å²) < 4.78 is 4.28. The third-order valence-electron chi connectivity index (χ3n) is 0.956. The van der Waals surface area contributed by atoms with E-state index in [4.69, 9.17) is 10.2 Å². The number of methoxy groups -OCH3 is 1. The first-order valence-electron chi connectivity index (χ1n) is 2.75. The van der Waals surface area contributed by atoms with Gasteiger partial charge in [0.2, 0.25) is 0 Å². The van der Waals surface area contributed by atoms with E-state index in [0.29, 0.717) is 0 Å². The van der Waals surface area contributed by atoms with Gasteiger partial charge in [0.15, 0.2) is 0 Å². The monoisotopic (exact) mass is 146 g/mol. The number of aliphatic hydroxyl groups excluding tert-OH is 2. The van der Waals surface area contributed by atoms with E-state index in [0.717, 1.165) is 0 Å². The van der Waals surface area contributed by atoms with Crippen LogP contribution in [0.1, 0.15) is 0 Å². The summed E-state index contributed by atoms with van der Waals surface area (Å²) in [5, 5.41) is 16.8. The minimum atomic E-state index is -0.614. The fourth-order valence-corrected chi connectivity index (χ4v) is 0.454. The molecule has 0 rings (SSSR count). The normalized spacial score (nSPS) is 11.3. The SMILES string of the molecule is COC(=O)/C(=C/CO)CO. The Hall–Kier alpha value is -0.870. The lowest BCUT2D eigenvalue weighted by atomic mass is 10.3. The third-order valence-corrected chi connectivity index (χ3v) is 0.956. The van der Waals surface area contributed by atoms with Gasteiger partial charge in [-0.1, -0.05) is 0 Å². The molecular formula is C6H10O4. The Bertz CT molecular complexity index is 139. The molecule has 0 aromatic rings. The van der Waals surface area contributed by atoms with Crippen LogP contribution < -0.4 is 0 Å². The molecule has 0 saturated heterocycles. The van der Waals surface area contributed by atoms with E-state index in [1.165, 1.54) is 13.2 Å². The van der Waals surface area contributed by atoms with Crippen LogP contribution in [0.3, 0.4) is 0 Å². The molecule has 0 saturated carbocycles. The van der Waals surface area contributed by atoms with Crippen molar-refractivity contribution in [2.24, 2.45) is 0 Å². The molecule has 58 valence electrons. The van der Waals surface area contributed by atoms with E-state index < -0.39 is 12.6 Å². The molecule has 0 aromatic carbocycles. The Morgan fingerprint density at radius 1 is 1.60 bits per heavy atom. The summed E-state index contributed by atoms with van der Waals surface area (Å²) in [5.74, 6) is -0.614. The van der Waals surface area contributed by atoms with Gasteiger partial charge in [-0.2, -0.15) is 0 Å². The van der Waals surface area contributed by atoms with Gasteiger partial charge in [-0.3, -0.25) is 0 Å². The molecule has 0 spiro atoms. The zero-order chi connectivity index (χ0) is 7.98. The number of aliphatic hydroxyl groups is 2. The maximum absolute atomic E-state index is 10.6. The van der Waals surface area contributed by atoms with Gasteiger partial charge in [0.25, 0.3) is 0 Å². The predicted octanol–water partition coefficient (Wildman–Crippen LogP) is -0.930. The standard InChI is InChI=1S/C6H10O4/c1-10-6(9)5(4-8)2-3-7/h2,7-8H,3-4H2,1H3/b5-2+. The van der Waals surface area contributed by atoms with Crippen molar-refractivity contribution in [2.45, 2.75) is 0 Å². The molecule has 0 atom stereocenters. The van der Waals surface area contributed by atoms with Gasteiger partial charge >= 0.3 is 5.97 Å². The fraction of sp³-hybridized carbons (Fsp3) is 0.500. The maximum atomic E-state index is 10.6. The second-order valence-corrected chi connectivity index (χ2v) is 1.56. The first kappa shape index (κ1) is 9.13. The van der Waals surface area contributed by atoms with Crippen molar-refractivity contribution < 1.29 is 19.7 Å². The number of rotatable bonds is 3. The predicted molar refractivity (Wildman–Crippen MR) is 34.3 cm³/mol. The fourth-order valence-electron chi connectivity index (χ4n) is 0.454. The molecule has 2 N–H and O–H groups in total. The number of ether oxygens (including phenoxy) is 1. The highest BCUT2D eigenvalue weighted by Gasteiger charge is 2.05. The van der Waals surface area contributed by atoms with Crippen LogP contribution in [0, 0.1) is 0 Å². The van der Waals surface area contributed by atoms with E-state index in [2.05, 4.69) is 4.74 Å². The molecule has 4 heteroatoms. The van der Waals surface area contributed by atoms with Crippen LogP contribution in [-0.4, -0.2) is 36.5 Å². The molecule has 0 fully saturated rings. The van der Waals surface area contributed by atoms with Crippen molar-refractivity contribution in [1.82, 2.24) is 0 Å². The average molecular weight is 146 g/mol. The van der Waals surface area contributed by atoms with Crippen molar-refractivity contribution in [3.63, 3.8) is 0 Å². The van der Waals surface area contributed by atoms with Crippen LogP contribution >= 0.6 is 0 Å². The largest absolute Gasteiger partial charge is 0.466 e. The van der Waals surface area contributed by atoms with E-state index >= 15 is 0 Å². The van der Waals surface area contributed by atoms with Crippen molar-refractivity contribution >= 4 is 5.97 Å². The third kappa shape index (κ3) is 2.61. The van der Waals surface area contributed by atoms with Crippen molar-refractivity contribution in [1.29, 1.82) is 0 Å². The summed E-state index contributed by atoms with van der Waals surface area (Å²) in [7, 11) is 1.21. The van der Waals surface area contributed by atoms with E-state index in [1.54, 1.807) is 0 Å². The van der Waals surface area contributed by atoms with Crippen molar-refractivity contribution in [2.75, 3.05) is 20.3 Å². The molecule has 0 aliphatic heterocycles. The van der Waals surface area contributed by atoms with Crippen LogP contribution in [0.5, 0.6) is 0 Å². The number of esters is 1. The molecular weight excluding hydrogens is 136 g/mol. The molecule has 0 aromatic heterocycles. The van der Waals surface area contributed by atoms with Crippen LogP contribution in [0.4, 0.5) is 0 Å². The van der Waals surface area contributed by atoms with Crippen LogP contribution in [-0.2, 0) is 9.53 Å². The van der Waals surface area contributed by atoms with Gasteiger partial charge < -0.3 is 14.9 Å². The van der Waals surface area contributed by atoms with Gasteiger partial charge in [-0.25, -0.2) is 4.79 Å². The summed E-state index contributed by atoms with van der Waals surface area (Å²) in [5.41, 5.74) is 0.0741. The Kier molecular flexibility index (Phi) is 4.53. The number of hydrogen-bond donors (Lipinski definition) is 2. The lowest BCUT2D eigenvalue weighted by Crippen LogP contribution is -2.08. The molecule has 10 heavy (non-hydrogen) atoms. The highest BCUT2D eigenvalue weighted by molar-refractivity contribution is 5.88. The minimum Gasteiger partial charge on any atom is -0.466 e. The number of hydrogen-bond acceptors (Lipinski definition) is 4. The van der Waals surface area contributed by atoms with E-state index in [1.807, 2.05) is 0 Å². The van der Waals surface area contributed by atoms with Crippen LogP contribution in [0.25, 0.3) is 0 Å². The Labute approximate surface area is 58.7 Å². The molecule has 0 amide bonds. The van der Waals surface area contributed by atoms with Gasteiger partial charge in [0.05, 0.1) is 25.9 Å². The van der Waals surface area contributed by atoms with Gasteiger partial charge in [-0.05, 0) is 6.08 Å². The molecule has 0 aliphatic carbocycles. The first-order valence-corrected chi connectivity index (χ1v) is 2.75. The quantitative estimate of drug-likeness (QED) is 0.399. The molecule has 0 aliphatic rings. The summed E-state index contributed by atoms with van der Waals surface area (Å²) in [6.07, 6.45) is 1.20. The number of carbonyl (C=O) groups excluding carboxylic acids is 1. The summed E-state index contributed by atoms with van der Waals surface area (Å²) in [6, 6.07) is 0. The molecule has 0 heterocycles. The smallest absolute Gasteiger partial charge is 0.335 e. The summed E-state index contributed by atoms with van der Waals surface area (Å²) in [4.78, 5) is 10.6. The maximum Gasteiger partial charge on any atom is 0.335 e.